The summed E-state index contributed by atoms with van der Waals surface area (Å²) in [5.74, 6) is -1.23. The average Bonchev–Trinajstić information content (AvgIpc) is 3.25. The number of likely N-dealkylation sites (tertiary alicyclic amines) is 1. The minimum atomic E-state index is -1.61. The van der Waals surface area contributed by atoms with Gasteiger partial charge < -0.3 is 36.0 Å². The van der Waals surface area contributed by atoms with Crippen molar-refractivity contribution in [1.82, 2.24) is 10.2 Å². The molecule has 1 aliphatic heterocycles. The van der Waals surface area contributed by atoms with E-state index in [1.54, 1.807) is 29.2 Å². The van der Waals surface area contributed by atoms with Gasteiger partial charge in [-0.05, 0) is 69.2 Å². The number of rotatable bonds is 9. The van der Waals surface area contributed by atoms with Gasteiger partial charge in [0.25, 0.3) is 0 Å². The Morgan fingerprint density at radius 2 is 2.00 bits per heavy atom. The lowest BCUT2D eigenvalue weighted by molar-refractivity contribution is -0.141. The zero-order valence-electron chi connectivity index (χ0n) is 22.2. The molecule has 5 atom stereocenters. The first kappa shape index (κ1) is 28.8. The van der Waals surface area contributed by atoms with Crippen LogP contribution in [-0.2, 0) is 10.4 Å². The maximum atomic E-state index is 15.3. The predicted octanol–water partition coefficient (Wildman–Crippen LogP) is 3.50. The van der Waals surface area contributed by atoms with Gasteiger partial charge in [0.05, 0.1) is 11.7 Å². The molecule has 4 rings (SSSR count). The van der Waals surface area contributed by atoms with Gasteiger partial charge >= 0.3 is 6.09 Å². The third-order valence-corrected chi connectivity index (χ3v) is 7.99. The van der Waals surface area contributed by atoms with Gasteiger partial charge in [0.2, 0.25) is 5.91 Å². The minimum absolute atomic E-state index is 0.0925. The zero-order valence-corrected chi connectivity index (χ0v) is 22.2. The molecule has 2 amide bonds. The van der Waals surface area contributed by atoms with E-state index < -0.39 is 35.6 Å². The molecule has 10 heteroatoms. The Hall–Kier alpha value is -3.21. The third-order valence-electron chi connectivity index (χ3n) is 7.99. The number of piperidine rings is 1. The molecule has 0 radical (unpaired) electrons. The van der Waals surface area contributed by atoms with Crippen molar-refractivity contribution < 1.29 is 34.0 Å². The van der Waals surface area contributed by atoms with E-state index in [1.165, 1.54) is 12.1 Å². The Morgan fingerprint density at radius 1 is 1.23 bits per heavy atom. The second-order valence-electron chi connectivity index (χ2n) is 10.8. The number of amides is 2. The number of para-hydroxylation sites is 1. The second kappa shape index (κ2) is 12.3. The molecule has 212 valence electrons. The summed E-state index contributed by atoms with van der Waals surface area (Å²) in [4.78, 5) is 26.1. The Balaban J connectivity index is 1.64. The number of aliphatic hydroxyl groups excluding tert-OH is 1. The molecule has 0 aromatic heterocycles. The standard InChI is InChI=1S/C29H38FN3O6/c1-18-6-2-8-21(14-18)39-26-22(9-3-10-23(26)30)29(38,11-5-12-32-28(36)37)20-7-4-13-33(17-20)27(35)19-15-24(31)25(34)16-19/h2-3,6,8-10,14,19-20,24-25,32,34,38H,4-5,7,11-13,15-17,31H2,1H3,(H,36,37)/t19-,20+,24+,25-,29-/m0/s1. The molecule has 0 unspecified atom stereocenters. The van der Waals surface area contributed by atoms with Gasteiger partial charge in [-0.3, -0.25) is 4.79 Å². The molecule has 2 fully saturated rings. The molecule has 6 N–H and O–H groups in total. The van der Waals surface area contributed by atoms with Crippen molar-refractivity contribution in [2.75, 3.05) is 19.6 Å². The molecule has 9 nitrogen and oxygen atoms in total. The number of halogens is 1. The first-order valence-corrected chi connectivity index (χ1v) is 13.5. The number of carbonyl (C=O) groups excluding carboxylic acids is 1. The maximum Gasteiger partial charge on any atom is 0.404 e. The smallest absolute Gasteiger partial charge is 0.404 e. The van der Waals surface area contributed by atoms with Crippen LogP contribution in [0.25, 0.3) is 0 Å². The molecule has 2 aliphatic rings. The lowest BCUT2D eigenvalue weighted by atomic mass is 9.73. The number of aliphatic hydroxyl groups is 2. The van der Waals surface area contributed by atoms with E-state index in [-0.39, 0.29) is 49.1 Å². The van der Waals surface area contributed by atoms with Gasteiger partial charge in [-0.25, -0.2) is 9.18 Å². The molecule has 1 aliphatic carbocycles. The summed E-state index contributed by atoms with van der Waals surface area (Å²) in [7, 11) is 0. The SMILES string of the molecule is Cc1cccc(Oc2c(F)cccc2[C@](O)(CCCNC(=O)O)[C@@H]2CCCN(C(=O)[C@H]3C[C@@H](N)[C@@H](O)C3)C2)c1. The van der Waals surface area contributed by atoms with Crippen LogP contribution in [-0.4, -0.2) is 64.0 Å². The fourth-order valence-corrected chi connectivity index (χ4v) is 5.94. The van der Waals surface area contributed by atoms with Crippen LogP contribution in [0.2, 0.25) is 0 Å². The first-order chi connectivity index (χ1) is 18.6. The fraction of sp³-hybridized carbons (Fsp3) is 0.517. The van der Waals surface area contributed by atoms with Gasteiger partial charge in [-0.1, -0.05) is 24.3 Å². The molecule has 1 saturated carbocycles. The number of ether oxygens (including phenoxy) is 1. The molecule has 1 saturated heterocycles. The maximum absolute atomic E-state index is 15.3. The number of nitrogens with zero attached hydrogens (tertiary/aromatic N) is 1. The van der Waals surface area contributed by atoms with Gasteiger partial charge in [0.15, 0.2) is 11.6 Å². The number of benzene rings is 2. The lowest BCUT2D eigenvalue weighted by Crippen LogP contribution is -2.49. The van der Waals surface area contributed by atoms with E-state index in [0.717, 1.165) is 5.56 Å². The fourth-order valence-electron chi connectivity index (χ4n) is 5.94. The highest BCUT2D eigenvalue weighted by molar-refractivity contribution is 5.79. The van der Waals surface area contributed by atoms with Gasteiger partial charge in [0.1, 0.15) is 5.75 Å². The molecule has 1 heterocycles. The number of carboxylic acid groups (broad SMARTS) is 1. The normalized spacial score (nSPS) is 24.7. The summed E-state index contributed by atoms with van der Waals surface area (Å²) in [6.07, 6.45) is 0.468. The first-order valence-electron chi connectivity index (χ1n) is 13.5. The van der Waals surface area contributed by atoms with E-state index in [0.29, 0.717) is 38.0 Å². The Labute approximate surface area is 227 Å². The number of hydrogen-bond donors (Lipinski definition) is 5. The topological polar surface area (TPSA) is 145 Å². The van der Waals surface area contributed by atoms with Crippen molar-refractivity contribution >= 4 is 12.0 Å². The number of carbonyl (C=O) groups is 2. The van der Waals surface area contributed by atoms with E-state index in [2.05, 4.69) is 5.32 Å². The van der Waals surface area contributed by atoms with Crippen molar-refractivity contribution in [3.05, 3.63) is 59.4 Å². The number of hydrogen-bond acceptors (Lipinski definition) is 6. The van der Waals surface area contributed by atoms with E-state index >= 15 is 4.39 Å². The number of nitrogens with one attached hydrogen (secondary N) is 1. The second-order valence-corrected chi connectivity index (χ2v) is 10.8. The third kappa shape index (κ3) is 6.69. The van der Waals surface area contributed by atoms with Crippen molar-refractivity contribution in [2.24, 2.45) is 17.6 Å². The summed E-state index contributed by atoms with van der Waals surface area (Å²) in [5.41, 5.74) is 5.53. The highest BCUT2D eigenvalue weighted by atomic mass is 19.1. The van der Waals surface area contributed by atoms with E-state index in [1.807, 2.05) is 13.0 Å². The molecule has 0 bridgehead atoms. The van der Waals surface area contributed by atoms with E-state index in [4.69, 9.17) is 15.6 Å². The summed E-state index contributed by atoms with van der Waals surface area (Å²) < 4.78 is 21.3. The van der Waals surface area contributed by atoms with E-state index in [9.17, 15) is 19.8 Å². The van der Waals surface area contributed by atoms with Crippen molar-refractivity contribution in [3.8, 4) is 11.5 Å². The summed E-state index contributed by atoms with van der Waals surface area (Å²) >= 11 is 0. The van der Waals surface area contributed by atoms with Crippen LogP contribution in [0, 0.1) is 24.6 Å². The average molecular weight is 544 g/mol. The molecule has 2 aromatic rings. The number of nitrogens with two attached hydrogens (primary N) is 1. The summed E-state index contributed by atoms with van der Waals surface area (Å²) in [5, 5.41) is 33.7. The van der Waals surface area contributed by atoms with Crippen LogP contribution in [0.3, 0.4) is 0 Å². The molecule has 2 aromatic carbocycles. The Kier molecular flexibility index (Phi) is 9.09. The summed E-state index contributed by atoms with van der Waals surface area (Å²) in [6, 6.07) is 11.1. The monoisotopic (exact) mass is 543 g/mol. The van der Waals surface area contributed by atoms with Crippen LogP contribution in [0.15, 0.2) is 42.5 Å². The minimum Gasteiger partial charge on any atom is -0.465 e. The largest absolute Gasteiger partial charge is 0.465 e. The lowest BCUT2D eigenvalue weighted by Gasteiger charge is -2.44. The molecular weight excluding hydrogens is 505 g/mol. The highest BCUT2D eigenvalue weighted by Gasteiger charge is 2.45. The van der Waals surface area contributed by atoms with Crippen LogP contribution < -0.4 is 15.8 Å². The Bertz CT molecular complexity index is 1170. The van der Waals surface area contributed by atoms with Crippen LogP contribution in [0.4, 0.5) is 9.18 Å². The molecule has 39 heavy (non-hydrogen) atoms. The van der Waals surface area contributed by atoms with Crippen molar-refractivity contribution in [3.63, 3.8) is 0 Å². The molecule has 0 spiro atoms. The summed E-state index contributed by atoms with van der Waals surface area (Å²) in [6.45, 7) is 2.76. The van der Waals surface area contributed by atoms with Gasteiger partial charge in [-0.15, -0.1) is 0 Å². The van der Waals surface area contributed by atoms with Crippen LogP contribution in [0.1, 0.15) is 49.7 Å². The number of aryl methyl sites for hydroxylation is 1. The zero-order chi connectivity index (χ0) is 28.2. The van der Waals surface area contributed by atoms with Crippen molar-refractivity contribution in [2.45, 2.75) is 63.2 Å². The van der Waals surface area contributed by atoms with Crippen LogP contribution >= 0.6 is 0 Å². The highest BCUT2D eigenvalue weighted by Crippen LogP contribution is 2.45. The van der Waals surface area contributed by atoms with Crippen molar-refractivity contribution in [1.29, 1.82) is 0 Å². The van der Waals surface area contributed by atoms with Gasteiger partial charge in [-0.2, -0.15) is 0 Å². The quantitative estimate of drug-likeness (QED) is 0.304. The molecular formula is C29H38FN3O6. The van der Waals surface area contributed by atoms with Gasteiger partial charge in [0, 0.05) is 43.1 Å². The predicted molar refractivity (Wildman–Crippen MR) is 143 cm³/mol. The van der Waals surface area contributed by atoms with Crippen LogP contribution in [0.5, 0.6) is 11.5 Å². The Morgan fingerprint density at radius 3 is 2.69 bits per heavy atom.